The predicted octanol–water partition coefficient (Wildman–Crippen LogP) is 13.4. The fourth-order valence-corrected chi connectivity index (χ4v) is 27.6. The molecule has 7 rings (SSSR count). The van der Waals surface area contributed by atoms with Gasteiger partial charge in [-0.15, -0.1) is 0 Å². The van der Waals surface area contributed by atoms with Crippen molar-refractivity contribution >= 4 is 18.5 Å². The average molecular weight is 788 g/mol. The van der Waals surface area contributed by atoms with Crippen molar-refractivity contribution in [1.29, 1.82) is 0 Å². The van der Waals surface area contributed by atoms with Crippen LogP contribution in [0.3, 0.4) is 0 Å². The molecular weight excluding hydrogens is 728 g/mol. The molecule has 0 amide bonds. The Labute approximate surface area is 321 Å². The van der Waals surface area contributed by atoms with Gasteiger partial charge < -0.3 is 0 Å². The first kappa shape index (κ1) is 37.4. The summed E-state index contributed by atoms with van der Waals surface area (Å²) in [7, 11) is -2.25. The van der Waals surface area contributed by atoms with Crippen LogP contribution in [0.1, 0.15) is 129 Å². The second kappa shape index (κ2) is 12.3. The third-order valence-corrected chi connectivity index (χ3v) is 26.5. The molecule has 4 aromatic rings. The molecule has 0 saturated heterocycles. The van der Waals surface area contributed by atoms with E-state index in [1.807, 2.05) is 0 Å². The molecule has 0 aromatic heterocycles. The van der Waals surface area contributed by atoms with Crippen molar-refractivity contribution in [2.75, 3.05) is 0 Å². The van der Waals surface area contributed by atoms with Crippen LogP contribution in [0.15, 0.2) is 71.8 Å². The van der Waals surface area contributed by atoms with E-state index in [4.69, 9.17) is 5.63 Å². The zero-order chi connectivity index (χ0) is 38.0. The van der Waals surface area contributed by atoms with Gasteiger partial charge in [0.2, 0.25) is 0 Å². The Hall–Kier alpha value is -2.94. The zero-order valence-electron chi connectivity index (χ0n) is 34.7. The molecule has 4 bridgehead atoms. The Kier molecular flexibility index (Phi) is 8.83. The molecule has 4 aromatic carbocycles. The second-order valence-electron chi connectivity index (χ2n) is 19.0. The number of hydrogen-bond donors (Lipinski definition) is 0. The standard InChI is InChI=1S/C26H30Si.2C11H16O.Zr/c1-15-9-11-17(3)23-21(15)13-19(5)25(23)27(7,8)26-20(6)14-22-16(2)10-12-18(4)24(22)26;2*1-8-5-6-10(12)9(7-8)11(2,3)4;/h9-14H,1-8H3;2*5-7,12H,1-4H3;/q;;;+2/p-2. The van der Waals surface area contributed by atoms with Crippen LogP contribution in [-0.2, 0) is 32.0 Å². The molecule has 2 nitrogen and oxygen atoms in total. The molecule has 2 atom stereocenters. The molecule has 4 heteroatoms. The second-order valence-corrected chi connectivity index (χ2v) is 30.6. The van der Waals surface area contributed by atoms with Gasteiger partial charge in [0.1, 0.15) is 0 Å². The van der Waals surface area contributed by atoms with E-state index in [0.29, 0.717) is 0 Å². The van der Waals surface area contributed by atoms with Crippen molar-refractivity contribution in [1.82, 2.24) is 0 Å². The van der Waals surface area contributed by atoms with E-state index in [0.717, 1.165) is 11.5 Å². The molecule has 0 N–H and O–H groups in total. The SMILES string of the molecule is CC1=C2c3c(C)ccc(C)c3[CH]1[Zr]([O]c1ccc(C)cc1C(C)(C)C)([O]c1ccc(C)cc1C(C)(C)C)[CH]1C(C)=C(c3c(C)ccc(C)c31)[Si]2(C)C. The van der Waals surface area contributed by atoms with Gasteiger partial charge in [-0.25, -0.2) is 0 Å². The third-order valence-electron chi connectivity index (χ3n) is 12.6. The van der Waals surface area contributed by atoms with Gasteiger partial charge in [-0.05, 0) is 0 Å². The average Bonchev–Trinajstić information content (AvgIpc) is 3.56. The molecule has 1 aliphatic heterocycles. The normalized spacial score (nSPS) is 20.1. The van der Waals surface area contributed by atoms with Gasteiger partial charge in [-0.3, -0.25) is 0 Å². The van der Waals surface area contributed by atoms with E-state index in [1.165, 1.54) is 77.9 Å². The summed E-state index contributed by atoms with van der Waals surface area (Å²) in [6.07, 6.45) is 0. The van der Waals surface area contributed by atoms with Crippen LogP contribution in [0.25, 0.3) is 10.4 Å². The summed E-state index contributed by atoms with van der Waals surface area (Å²) >= 11 is -4.81. The molecule has 272 valence electrons. The Bertz CT molecular complexity index is 2080. The fourth-order valence-electron chi connectivity index (χ4n) is 10.3. The minimum absolute atomic E-state index is 0.0709. The third kappa shape index (κ3) is 5.47. The van der Waals surface area contributed by atoms with Gasteiger partial charge >= 0.3 is 323 Å². The fraction of sp³-hybridized carbons (Fsp3) is 0.417. The van der Waals surface area contributed by atoms with E-state index < -0.39 is 29.2 Å². The van der Waals surface area contributed by atoms with Crippen molar-refractivity contribution in [3.05, 3.63) is 139 Å². The van der Waals surface area contributed by atoms with E-state index in [9.17, 15) is 0 Å². The Balaban J connectivity index is 1.71. The van der Waals surface area contributed by atoms with Gasteiger partial charge in [0.05, 0.1) is 0 Å². The summed E-state index contributed by atoms with van der Waals surface area (Å²) in [4.78, 5) is 0. The molecule has 2 aliphatic carbocycles. The van der Waals surface area contributed by atoms with Crippen LogP contribution in [-0.4, -0.2) is 8.07 Å². The summed E-state index contributed by atoms with van der Waals surface area (Å²) in [6, 6.07) is 23.2. The van der Waals surface area contributed by atoms with Gasteiger partial charge in [0, 0.05) is 0 Å². The summed E-state index contributed by atoms with van der Waals surface area (Å²) in [5.41, 5.74) is 19.2. The maximum absolute atomic E-state index is 8.30. The molecule has 1 heterocycles. The van der Waals surface area contributed by atoms with Crippen LogP contribution < -0.4 is 5.63 Å². The first-order valence-electron chi connectivity index (χ1n) is 19.3. The van der Waals surface area contributed by atoms with Crippen molar-refractivity contribution in [3.8, 4) is 11.5 Å². The summed E-state index contributed by atoms with van der Waals surface area (Å²) < 4.78 is 16.7. The topological polar surface area (TPSA) is 18.5 Å². The number of rotatable bonds is 4. The maximum atomic E-state index is 8.30. The van der Waals surface area contributed by atoms with Crippen molar-refractivity contribution in [2.45, 2.75) is 128 Å². The van der Waals surface area contributed by atoms with Gasteiger partial charge in [-0.2, -0.15) is 0 Å². The predicted molar refractivity (Wildman–Crippen MR) is 221 cm³/mol. The number of aryl methyl sites for hydroxylation is 6. The Morgan fingerprint density at radius 1 is 0.500 bits per heavy atom. The molecular formula is C48H60O2SiZr. The van der Waals surface area contributed by atoms with Gasteiger partial charge in [0.25, 0.3) is 0 Å². The van der Waals surface area contributed by atoms with Crippen LogP contribution >= 0.6 is 0 Å². The summed E-state index contributed by atoms with van der Waals surface area (Å²) in [6.45, 7) is 37.9. The van der Waals surface area contributed by atoms with Crippen molar-refractivity contribution < 1.29 is 26.8 Å². The molecule has 2 unspecified atom stereocenters. The molecule has 0 fully saturated rings. The molecule has 3 aliphatic rings. The van der Waals surface area contributed by atoms with E-state index in [2.05, 4.69) is 171 Å². The van der Waals surface area contributed by atoms with Crippen LogP contribution in [0, 0.1) is 41.5 Å². The number of hydrogen-bond acceptors (Lipinski definition) is 2. The quantitative estimate of drug-likeness (QED) is 0.192. The van der Waals surface area contributed by atoms with Crippen LogP contribution in [0.5, 0.6) is 11.5 Å². The molecule has 52 heavy (non-hydrogen) atoms. The number of allylic oxidation sites excluding steroid dienone is 2. The monoisotopic (exact) mass is 786 g/mol. The molecule has 0 saturated carbocycles. The van der Waals surface area contributed by atoms with Crippen LogP contribution in [0.2, 0.25) is 13.1 Å². The summed E-state index contributed by atoms with van der Waals surface area (Å²) in [5.74, 6) is 1.99. The van der Waals surface area contributed by atoms with Gasteiger partial charge in [-0.1, -0.05) is 0 Å². The summed E-state index contributed by atoms with van der Waals surface area (Å²) in [5, 5.41) is 3.23. The Morgan fingerprint density at radius 3 is 1.19 bits per heavy atom. The van der Waals surface area contributed by atoms with E-state index in [1.54, 1.807) is 10.4 Å². The van der Waals surface area contributed by atoms with Gasteiger partial charge in [0.15, 0.2) is 0 Å². The molecule has 0 radical (unpaired) electrons. The van der Waals surface area contributed by atoms with Crippen LogP contribution in [0.4, 0.5) is 0 Å². The van der Waals surface area contributed by atoms with Crippen molar-refractivity contribution in [3.63, 3.8) is 0 Å². The number of fused-ring (bicyclic) bond motifs is 8. The minimum atomic E-state index is -4.81. The van der Waals surface area contributed by atoms with E-state index >= 15 is 0 Å². The molecule has 0 spiro atoms. The first-order chi connectivity index (χ1) is 24.1. The van der Waals surface area contributed by atoms with E-state index in [-0.39, 0.29) is 18.1 Å². The van der Waals surface area contributed by atoms with Crippen molar-refractivity contribution in [2.24, 2.45) is 0 Å². The first-order valence-corrected chi connectivity index (χ1v) is 27.2. The Morgan fingerprint density at radius 2 is 0.846 bits per heavy atom. The number of benzene rings is 4. The zero-order valence-corrected chi connectivity index (χ0v) is 38.2.